The Morgan fingerprint density at radius 1 is 1.04 bits per heavy atom. The summed E-state index contributed by atoms with van der Waals surface area (Å²) in [5.74, 6) is 0. The first kappa shape index (κ1) is 15.9. The molecule has 1 N–H and O–H groups in total. The van der Waals surface area contributed by atoms with Crippen molar-refractivity contribution in [3.05, 3.63) is 93.8 Å². The smallest absolute Gasteiger partial charge is 0.250 e. The van der Waals surface area contributed by atoms with Crippen molar-refractivity contribution < 1.29 is 0 Å². The second-order valence-corrected chi connectivity index (χ2v) is 6.58. The van der Waals surface area contributed by atoms with E-state index >= 15 is 0 Å². The van der Waals surface area contributed by atoms with Crippen molar-refractivity contribution in [2.75, 3.05) is 0 Å². The van der Waals surface area contributed by atoms with E-state index in [0.717, 1.165) is 27.7 Å². The van der Waals surface area contributed by atoms with Gasteiger partial charge in [0, 0.05) is 28.9 Å². The van der Waals surface area contributed by atoms with Gasteiger partial charge in [0.15, 0.2) is 0 Å². The zero-order chi connectivity index (χ0) is 17.4. The monoisotopic (exact) mass is 369 g/mol. The number of H-pyrrole nitrogens is 1. The maximum Gasteiger partial charge on any atom is 0.250 e. The number of aromatic nitrogens is 3. The van der Waals surface area contributed by atoms with Gasteiger partial charge in [0.25, 0.3) is 5.56 Å². The normalized spacial score (nSPS) is 12.4. The lowest BCUT2D eigenvalue weighted by molar-refractivity contribution is 1.05. The second kappa shape index (κ2) is 6.39. The lowest BCUT2D eigenvalue weighted by Gasteiger charge is -2.13. The average molecular weight is 370 g/mol. The molecule has 0 bridgehead atoms. The molecule has 0 aliphatic carbocycles. The first-order valence-corrected chi connectivity index (χ1v) is 8.48. The van der Waals surface area contributed by atoms with E-state index in [0.29, 0.717) is 5.02 Å². The Labute approximate surface area is 153 Å². The lowest BCUT2D eigenvalue weighted by Crippen LogP contribution is -2.08. The highest BCUT2D eigenvalue weighted by Crippen LogP contribution is 2.32. The van der Waals surface area contributed by atoms with Gasteiger partial charge in [0.2, 0.25) is 0 Å². The van der Waals surface area contributed by atoms with Crippen LogP contribution in [-0.4, -0.2) is 14.5 Å². The third kappa shape index (κ3) is 3.06. The van der Waals surface area contributed by atoms with Crippen LogP contribution in [-0.2, 0) is 0 Å². The Balaban J connectivity index is 1.87. The number of alkyl halides is 1. The molecule has 0 saturated carbocycles. The molecular formula is C19H13Cl2N3O. The highest BCUT2D eigenvalue weighted by molar-refractivity contribution is 6.30. The molecule has 0 aliphatic rings. The fourth-order valence-electron chi connectivity index (χ4n) is 2.85. The summed E-state index contributed by atoms with van der Waals surface area (Å²) < 4.78 is 1.81. The molecule has 0 fully saturated rings. The maximum atomic E-state index is 11.9. The van der Waals surface area contributed by atoms with E-state index in [-0.39, 0.29) is 10.9 Å². The van der Waals surface area contributed by atoms with E-state index in [4.69, 9.17) is 23.2 Å². The zero-order valence-electron chi connectivity index (χ0n) is 13.0. The van der Waals surface area contributed by atoms with Gasteiger partial charge in [-0.3, -0.25) is 4.79 Å². The third-order valence-corrected chi connectivity index (χ3v) is 4.84. The van der Waals surface area contributed by atoms with Crippen molar-refractivity contribution in [3.63, 3.8) is 0 Å². The van der Waals surface area contributed by atoms with Gasteiger partial charge in [-0.05, 0) is 35.4 Å². The van der Waals surface area contributed by atoms with Crippen LogP contribution in [0, 0.1) is 0 Å². The zero-order valence-corrected chi connectivity index (χ0v) is 14.5. The number of fused-ring (bicyclic) bond motifs is 1. The van der Waals surface area contributed by atoms with Gasteiger partial charge >= 0.3 is 0 Å². The first-order valence-electron chi connectivity index (χ1n) is 7.67. The third-order valence-electron chi connectivity index (χ3n) is 4.08. The van der Waals surface area contributed by atoms with Crippen LogP contribution in [0.25, 0.3) is 16.6 Å². The minimum Gasteiger partial charge on any atom is -0.322 e. The van der Waals surface area contributed by atoms with E-state index in [9.17, 15) is 4.79 Å². The van der Waals surface area contributed by atoms with E-state index in [1.54, 1.807) is 24.8 Å². The molecule has 2 heterocycles. The number of rotatable bonds is 3. The van der Waals surface area contributed by atoms with Crippen LogP contribution in [0.5, 0.6) is 0 Å². The molecule has 0 radical (unpaired) electrons. The molecule has 25 heavy (non-hydrogen) atoms. The molecule has 2 aromatic heterocycles. The highest BCUT2D eigenvalue weighted by atomic mass is 35.5. The number of benzene rings is 2. The number of imidazole rings is 1. The molecule has 6 heteroatoms. The summed E-state index contributed by atoms with van der Waals surface area (Å²) in [6, 6.07) is 14.8. The maximum absolute atomic E-state index is 11.9. The minimum atomic E-state index is -0.316. The molecule has 2 aromatic carbocycles. The summed E-state index contributed by atoms with van der Waals surface area (Å²) in [7, 11) is 0. The van der Waals surface area contributed by atoms with Crippen LogP contribution in [0.4, 0.5) is 0 Å². The van der Waals surface area contributed by atoms with Crippen LogP contribution in [0.2, 0.25) is 5.02 Å². The van der Waals surface area contributed by atoms with Gasteiger partial charge in [-0.2, -0.15) is 0 Å². The molecule has 1 atom stereocenters. The molecule has 0 amide bonds. The molecule has 0 aliphatic heterocycles. The van der Waals surface area contributed by atoms with Crippen molar-refractivity contribution in [2.24, 2.45) is 0 Å². The fraction of sp³-hybridized carbons (Fsp3) is 0.0526. The number of aromatic amines is 1. The van der Waals surface area contributed by atoms with E-state index in [1.807, 2.05) is 47.0 Å². The van der Waals surface area contributed by atoms with Gasteiger partial charge in [0.1, 0.15) is 0 Å². The van der Waals surface area contributed by atoms with Crippen LogP contribution >= 0.6 is 23.2 Å². The predicted octanol–water partition coefficient (Wildman–Crippen LogP) is 4.70. The van der Waals surface area contributed by atoms with Crippen molar-refractivity contribution >= 4 is 34.1 Å². The predicted molar refractivity (Wildman–Crippen MR) is 101 cm³/mol. The van der Waals surface area contributed by atoms with E-state index in [2.05, 4.69) is 9.97 Å². The van der Waals surface area contributed by atoms with Crippen molar-refractivity contribution in [1.29, 1.82) is 0 Å². The Kier molecular flexibility index (Phi) is 4.07. The number of halogens is 2. The van der Waals surface area contributed by atoms with Crippen molar-refractivity contribution in [2.45, 2.75) is 5.38 Å². The first-order chi connectivity index (χ1) is 12.1. The number of pyridine rings is 1. The van der Waals surface area contributed by atoms with E-state index < -0.39 is 0 Å². The Hall–Kier alpha value is -2.56. The summed E-state index contributed by atoms with van der Waals surface area (Å²) in [4.78, 5) is 18.9. The number of hydrogen-bond acceptors (Lipinski definition) is 2. The average Bonchev–Trinajstić information content (AvgIpc) is 3.15. The fourth-order valence-corrected chi connectivity index (χ4v) is 3.26. The SMILES string of the molecule is O=c1cc(-n2ccnc2)c2cc(C(Cl)c3ccc(Cl)cc3)ccc2[nH]1. The Bertz CT molecular complexity index is 1090. The van der Waals surface area contributed by atoms with Crippen LogP contribution in [0.1, 0.15) is 16.5 Å². The number of nitrogens with zero attached hydrogens (tertiary/aromatic N) is 2. The van der Waals surface area contributed by atoms with Crippen molar-refractivity contribution in [3.8, 4) is 5.69 Å². The summed E-state index contributed by atoms with van der Waals surface area (Å²) in [6.07, 6.45) is 5.14. The molecular weight excluding hydrogens is 357 g/mol. The largest absolute Gasteiger partial charge is 0.322 e. The Morgan fingerprint density at radius 3 is 2.52 bits per heavy atom. The standard InChI is InChI=1S/C19H13Cl2N3O/c20-14-4-1-12(2-5-14)19(21)13-3-6-16-15(9-13)17(10-18(25)23-16)24-8-7-22-11-24/h1-11,19H,(H,23,25). The molecule has 4 nitrogen and oxygen atoms in total. The molecule has 124 valence electrons. The van der Waals surface area contributed by atoms with Gasteiger partial charge in [-0.25, -0.2) is 4.98 Å². The van der Waals surface area contributed by atoms with Crippen LogP contribution < -0.4 is 5.56 Å². The van der Waals surface area contributed by atoms with E-state index in [1.165, 1.54) is 0 Å². The minimum absolute atomic E-state index is 0.163. The van der Waals surface area contributed by atoms with Gasteiger partial charge in [-0.1, -0.05) is 29.8 Å². The van der Waals surface area contributed by atoms with Crippen LogP contribution in [0.15, 0.2) is 72.0 Å². The Morgan fingerprint density at radius 2 is 1.80 bits per heavy atom. The number of hydrogen-bond donors (Lipinski definition) is 1. The quantitative estimate of drug-likeness (QED) is 0.532. The molecule has 0 saturated heterocycles. The molecule has 0 spiro atoms. The van der Waals surface area contributed by atoms with Crippen molar-refractivity contribution in [1.82, 2.24) is 14.5 Å². The lowest BCUT2D eigenvalue weighted by atomic mass is 10.0. The summed E-state index contributed by atoms with van der Waals surface area (Å²) in [5.41, 5.74) is 3.24. The van der Waals surface area contributed by atoms with Gasteiger partial charge in [0.05, 0.1) is 22.9 Å². The summed E-state index contributed by atoms with van der Waals surface area (Å²) in [5, 5.41) is 1.25. The van der Waals surface area contributed by atoms with Crippen LogP contribution in [0.3, 0.4) is 0 Å². The number of nitrogens with one attached hydrogen (secondary N) is 1. The summed E-state index contributed by atoms with van der Waals surface area (Å²) in [6.45, 7) is 0. The highest BCUT2D eigenvalue weighted by Gasteiger charge is 2.13. The molecule has 4 aromatic rings. The second-order valence-electron chi connectivity index (χ2n) is 5.71. The summed E-state index contributed by atoms with van der Waals surface area (Å²) >= 11 is 12.6. The van der Waals surface area contributed by atoms with Gasteiger partial charge < -0.3 is 9.55 Å². The van der Waals surface area contributed by atoms with Gasteiger partial charge in [-0.15, -0.1) is 11.6 Å². The topological polar surface area (TPSA) is 50.7 Å². The molecule has 1 unspecified atom stereocenters. The molecule has 4 rings (SSSR count).